The first-order valence-electron chi connectivity index (χ1n) is 4.97. The minimum absolute atomic E-state index is 0.0104. The summed E-state index contributed by atoms with van der Waals surface area (Å²) in [5, 5.41) is 17.9. The van der Waals surface area contributed by atoms with Gasteiger partial charge in [0, 0.05) is 11.1 Å². The van der Waals surface area contributed by atoms with Gasteiger partial charge in [0.05, 0.1) is 0 Å². The monoisotopic (exact) mass is 214 g/mol. The SMILES string of the molecule is CC(C)CC(C(=O)O)=C(C(=O)O)C(C)C. The summed E-state index contributed by atoms with van der Waals surface area (Å²) in [7, 11) is 0. The van der Waals surface area contributed by atoms with Crippen LogP contribution >= 0.6 is 0 Å². The van der Waals surface area contributed by atoms with Gasteiger partial charge in [-0.25, -0.2) is 9.59 Å². The zero-order valence-corrected chi connectivity index (χ0v) is 9.57. The van der Waals surface area contributed by atoms with E-state index in [0.29, 0.717) is 0 Å². The number of rotatable bonds is 5. The summed E-state index contributed by atoms with van der Waals surface area (Å²) in [4.78, 5) is 21.9. The molecule has 0 saturated carbocycles. The third kappa shape index (κ3) is 4.14. The fourth-order valence-corrected chi connectivity index (χ4v) is 1.45. The Labute approximate surface area is 89.6 Å². The molecule has 15 heavy (non-hydrogen) atoms. The summed E-state index contributed by atoms with van der Waals surface area (Å²) in [5.41, 5.74) is 0.0312. The highest BCUT2D eigenvalue weighted by atomic mass is 16.4. The average molecular weight is 214 g/mol. The van der Waals surface area contributed by atoms with Crippen LogP contribution in [0.5, 0.6) is 0 Å². The van der Waals surface area contributed by atoms with Crippen LogP contribution in [0.25, 0.3) is 0 Å². The van der Waals surface area contributed by atoms with Crippen LogP contribution in [0.3, 0.4) is 0 Å². The van der Waals surface area contributed by atoms with Crippen LogP contribution in [0.2, 0.25) is 0 Å². The van der Waals surface area contributed by atoms with E-state index >= 15 is 0 Å². The van der Waals surface area contributed by atoms with Gasteiger partial charge in [0.2, 0.25) is 0 Å². The quantitative estimate of drug-likeness (QED) is 0.688. The lowest BCUT2D eigenvalue weighted by Gasteiger charge is -2.13. The molecule has 0 atom stereocenters. The van der Waals surface area contributed by atoms with Crippen molar-refractivity contribution >= 4 is 11.9 Å². The Hall–Kier alpha value is -1.32. The summed E-state index contributed by atoms with van der Waals surface area (Å²) in [5.74, 6) is -2.42. The number of hydrogen-bond acceptors (Lipinski definition) is 2. The van der Waals surface area contributed by atoms with E-state index in [1.165, 1.54) is 0 Å². The van der Waals surface area contributed by atoms with Gasteiger partial charge in [-0.05, 0) is 18.3 Å². The predicted octanol–water partition coefficient (Wildman–Crippen LogP) is 2.15. The van der Waals surface area contributed by atoms with Crippen molar-refractivity contribution in [2.24, 2.45) is 11.8 Å². The highest BCUT2D eigenvalue weighted by Gasteiger charge is 2.23. The number of carboxylic acids is 2. The molecule has 0 heterocycles. The minimum Gasteiger partial charge on any atom is -0.478 e. The fraction of sp³-hybridized carbons (Fsp3) is 0.636. The van der Waals surface area contributed by atoms with Gasteiger partial charge in [-0.3, -0.25) is 0 Å². The zero-order valence-electron chi connectivity index (χ0n) is 9.57. The summed E-state index contributed by atoms with van der Waals surface area (Å²) in [6.45, 7) is 7.10. The van der Waals surface area contributed by atoms with Crippen molar-refractivity contribution in [2.75, 3.05) is 0 Å². The van der Waals surface area contributed by atoms with Crippen LogP contribution in [0.4, 0.5) is 0 Å². The molecule has 0 amide bonds. The lowest BCUT2D eigenvalue weighted by atomic mass is 9.92. The van der Waals surface area contributed by atoms with Crippen LogP contribution in [0, 0.1) is 11.8 Å². The second kappa shape index (κ2) is 5.53. The Balaban J connectivity index is 5.35. The van der Waals surface area contributed by atoms with E-state index in [2.05, 4.69) is 0 Å². The van der Waals surface area contributed by atoms with Gasteiger partial charge in [0.25, 0.3) is 0 Å². The molecular weight excluding hydrogens is 196 g/mol. The summed E-state index contributed by atoms with van der Waals surface area (Å²) < 4.78 is 0. The Bertz CT molecular complexity index is 287. The first-order valence-corrected chi connectivity index (χ1v) is 4.97. The molecule has 0 aromatic heterocycles. The number of carboxylic acid groups (broad SMARTS) is 2. The van der Waals surface area contributed by atoms with E-state index in [4.69, 9.17) is 10.2 Å². The lowest BCUT2D eigenvalue weighted by molar-refractivity contribution is -0.136. The second-order valence-electron chi connectivity index (χ2n) is 4.26. The van der Waals surface area contributed by atoms with Crippen molar-refractivity contribution in [3.8, 4) is 0 Å². The zero-order chi connectivity index (χ0) is 12.2. The van der Waals surface area contributed by atoms with Crippen molar-refractivity contribution in [3.63, 3.8) is 0 Å². The highest BCUT2D eigenvalue weighted by Crippen LogP contribution is 2.21. The molecule has 0 aliphatic heterocycles. The van der Waals surface area contributed by atoms with Crippen LogP contribution < -0.4 is 0 Å². The van der Waals surface area contributed by atoms with Gasteiger partial charge in [-0.15, -0.1) is 0 Å². The standard InChI is InChI=1S/C11H18O4/c1-6(2)5-8(10(12)13)9(7(3)4)11(14)15/h6-7H,5H2,1-4H3,(H,12,13)(H,14,15). The average Bonchev–Trinajstić information content (AvgIpc) is 2.00. The maximum absolute atomic E-state index is 11.0. The van der Waals surface area contributed by atoms with Gasteiger partial charge in [-0.2, -0.15) is 0 Å². The van der Waals surface area contributed by atoms with Gasteiger partial charge in [0.1, 0.15) is 0 Å². The number of carbonyl (C=O) groups is 2. The Morgan fingerprint density at radius 1 is 1.00 bits per heavy atom. The van der Waals surface area contributed by atoms with Crippen molar-refractivity contribution in [2.45, 2.75) is 34.1 Å². The maximum atomic E-state index is 11.0. The van der Waals surface area contributed by atoms with Crippen molar-refractivity contribution < 1.29 is 19.8 Å². The van der Waals surface area contributed by atoms with Gasteiger partial charge >= 0.3 is 11.9 Å². The molecule has 0 aliphatic carbocycles. The van der Waals surface area contributed by atoms with Crippen molar-refractivity contribution in [1.29, 1.82) is 0 Å². The molecule has 86 valence electrons. The van der Waals surface area contributed by atoms with Crippen LogP contribution in [-0.4, -0.2) is 22.2 Å². The second-order valence-corrected chi connectivity index (χ2v) is 4.26. The third-order valence-electron chi connectivity index (χ3n) is 2.00. The van der Waals surface area contributed by atoms with E-state index in [-0.39, 0.29) is 29.4 Å². The Morgan fingerprint density at radius 2 is 1.47 bits per heavy atom. The molecule has 0 fully saturated rings. The minimum atomic E-state index is -1.14. The van der Waals surface area contributed by atoms with E-state index in [1.54, 1.807) is 13.8 Å². The van der Waals surface area contributed by atoms with E-state index in [0.717, 1.165) is 0 Å². The molecule has 0 aromatic carbocycles. The third-order valence-corrected chi connectivity index (χ3v) is 2.00. The molecule has 0 rings (SSSR count). The number of hydrogen-bond donors (Lipinski definition) is 2. The van der Waals surface area contributed by atoms with E-state index < -0.39 is 11.9 Å². The van der Waals surface area contributed by atoms with Crippen LogP contribution in [-0.2, 0) is 9.59 Å². The smallest absolute Gasteiger partial charge is 0.332 e. The molecule has 0 spiro atoms. The lowest BCUT2D eigenvalue weighted by Crippen LogP contribution is -2.17. The van der Waals surface area contributed by atoms with Crippen LogP contribution in [0.15, 0.2) is 11.1 Å². The number of aliphatic carboxylic acids is 2. The predicted molar refractivity (Wildman–Crippen MR) is 56.6 cm³/mol. The van der Waals surface area contributed by atoms with Crippen LogP contribution in [0.1, 0.15) is 34.1 Å². The summed E-state index contributed by atoms with van der Waals surface area (Å²) in [6.07, 6.45) is 0.287. The van der Waals surface area contributed by atoms with Gasteiger partial charge in [-0.1, -0.05) is 27.7 Å². The Kier molecular flexibility index (Phi) is 5.05. The molecule has 0 bridgehead atoms. The fourth-order valence-electron chi connectivity index (χ4n) is 1.45. The molecular formula is C11H18O4. The molecule has 2 N–H and O–H groups in total. The highest BCUT2D eigenvalue weighted by molar-refractivity contribution is 5.99. The molecule has 4 nitrogen and oxygen atoms in total. The van der Waals surface area contributed by atoms with E-state index in [9.17, 15) is 9.59 Å². The summed E-state index contributed by atoms with van der Waals surface area (Å²) >= 11 is 0. The molecule has 4 heteroatoms. The van der Waals surface area contributed by atoms with Gasteiger partial charge < -0.3 is 10.2 Å². The van der Waals surface area contributed by atoms with Crippen molar-refractivity contribution in [3.05, 3.63) is 11.1 Å². The topological polar surface area (TPSA) is 74.6 Å². The molecule has 0 radical (unpaired) electrons. The largest absolute Gasteiger partial charge is 0.478 e. The van der Waals surface area contributed by atoms with Crippen molar-refractivity contribution in [1.82, 2.24) is 0 Å². The molecule has 0 unspecified atom stereocenters. The maximum Gasteiger partial charge on any atom is 0.332 e. The molecule has 0 saturated heterocycles. The normalized spacial score (nSPS) is 12.9. The molecule has 0 aliphatic rings. The summed E-state index contributed by atoms with van der Waals surface area (Å²) in [6, 6.07) is 0. The molecule has 0 aromatic rings. The van der Waals surface area contributed by atoms with Gasteiger partial charge in [0.15, 0.2) is 0 Å². The van der Waals surface area contributed by atoms with E-state index in [1.807, 2.05) is 13.8 Å². The first kappa shape index (κ1) is 13.7. The Morgan fingerprint density at radius 3 is 1.67 bits per heavy atom. The first-order chi connectivity index (χ1) is 6.77.